The summed E-state index contributed by atoms with van der Waals surface area (Å²) in [6.07, 6.45) is 0.869. The summed E-state index contributed by atoms with van der Waals surface area (Å²) in [5, 5.41) is 2.63. The molecule has 0 saturated carbocycles. The molecule has 1 aliphatic heterocycles. The largest absolute Gasteiger partial charge is 0.459 e. The van der Waals surface area contributed by atoms with E-state index in [1.807, 2.05) is 0 Å². The lowest BCUT2D eigenvalue weighted by molar-refractivity contribution is -0.149. The van der Waals surface area contributed by atoms with Crippen molar-refractivity contribution >= 4 is 33.8 Å². The summed E-state index contributed by atoms with van der Waals surface area (Å²) in [5.41, 5.74) is -0.755. The van der Waals surface area contributed by atoms with E-state index in [0.717, 1.165) is 4.90 Å². The van der Waals surface area contributed by atoms with Gasteiger partial charge in [0.15, 0.2) is 0 Å². The molecule has 1 aromatic rings. The van der Waals surface area contributed by atoms with Crippen molar-refractivity contribution in [2.24, 2.45) is 0 Å². The lowest BCUT2D eigenvalue weighted by Crippen LogP contribution is -2.46. The Morgan fingerprint density at radius 3 is 2.54 bits per heavy atom. The van der Waals surface area contributed by atoms with E-state index in [1.165, 1.54) is 12.1 Å². The standard InChI is InChI=1S/C16H18BrFN2O4/c1-3-16(4-2)14(22)20(15(23)19-16)8-13(21)24-9-10-5-6-11(17)7-12(10)18/h5-7H,3-4,8-9H2,1-2H3,(H,19,23). The van der Waals surface area contributed by atoms with E-state index < -0.39 is 35.8 Å². The number of urea groups is 1. The van der Waals surface area contributed by atoms with Gasteiger partial charge in [-0.15, -0.1) is 0 Å². The molecule has 0 radical (unpaired) electrons. The van der Waals surface area contributed by atoms with Crippen LogP contribution in [0.15, 0.2) is 22.7 Å². The first kappa shape index (κ1) is 18.4. The van der Waals surface area contributed by atoms with Gasteiger partial charge >= 0.3 is 12.0 Å². The molecule has 0 aromatic heterocycles. The Hall–Kier alpha value is -1.96. The Bertz CT molecular complexity index is 676. The number of carbonyl (C=O) groups excluding carboxylic acids is 3. The highest BCUT2D eigenvalue weighted by atomic mass is 79.9. The van der Waals surface area contributed by atoms with Crippen LogP contribution in [0, 0.1) is 5.82 Å². The predicted molar refractivity (Wildman–Crippen MR) is 87.5 cm³/mol. The lowest BCUT2D eigenvalue weighted by atomic mass is 9.93. The molecular weight excluding hydrogens is 383 g/mol. The predicted octanol–water partition coefficient (Wildman–Crippen LogP) is 2.74. The first-order chi connectivity index (χ1) is 11.3. The molecule has 1 N–H and O–H groups in total. The zero-order valence-electron chi connectivity index (χ0n) is 13.4. The van der Waals surface area contributed by atoms with Crippen molar-refractivity contribution in [1.82, 2.24) is 10.2 Å². The van der Waals surface area contributed by atoms with E-state index in [2.05, 4.69) is 21.2 Å². The normalized spacial score (nSPS) is 16.2. The van der Waals surface area contributed by atoms with Gasteiger partial charge in [-0.25, -0.2) is 9.18 Å². The van der Waals surface area contributed by atoms with E-state index in [1.54, 1.807) is 19.9 Å². The Balaban J connectivity index is 1.97. The molecule has 1 heterocycles. The van der Waals surface area contributed by atoms with Gasteiger partial charge in [-0.1, -0.05) is 35.8 Å². The van der Waals surface area contributed by atoms with Crippen molar-refractivity contribution < 1.29 is 23.5 Å². The van der Waals surface area contributed by atoms with Crippen LogP contribution in [-0.2, 0) is 20.9 Å². The smallest absolute Gasteiger partial charge is 0.326 e. The number of carbonyl (C=O) groups is 3. The number of halogens is 2. The van der Waals surface area contributed by atoms with Crippen molar-refractivity contribution in [3.05, 3.63) is 34.1 Å². The molecule has 1 fully saturated rings. The number of nitrogens with zero attached hydrogens (tertiary/aromatic N) is 1. The molecule has 3 amide bonds. The maximum Gasteiger partial charge on any atom is 0.326 e. The van der Waals surface area contributed by atoms with Crippen LogP contribution in [0.1, 0.15) is 32.3 Å². The number of rotatable bonds is 6. The molecule has 1 aromatic carbocycles. The maximum absolute atomic E-state index is 13.7. The summed E-state index contributed by atoms with van der Waals surface area (Å²) in [4.78, 5) is 37.1. The molecule has 24 heavy (non-hydrogen) atoms. The van der Waals surface area contributed by atoms with Crippen molar-refractivity contribution in [2.75, 3.05) is 6.54 Å². The molecule has 0 unspecified atom stereocenters. The average molecular weight is 401 g/mol. The molecule has 0 bridgehead atoms. The van der Waals surface area contributed by atoms with Gasteiger partial charge in [0.05, 0.1) is 0 Å². The Kier molecular flexibility index (Phi) is 5.58. The molecule has 130 valence electrons. The molecule has 0 aliphatic carbocycles. The number of amides is 3. The van der Waals surface area contributed by atoms with Crippen LogP contribution < -0.4 is 5.32 Å². The van der Waals surface area contributed by atoms with Gasteiger partial charge < -0.3 is 10.1 Å². The van der Waals surface area contributed by atoms with Crippen LogP contribution in [0.25, 0.3) is 0 Å². The van der Waals surface area contributed by atoms with E-state index >= 15 is 0 Å². The molecule has 2 rings (SSSR count). The van der Waals surface area contributed by atoms with Gasteiger partial charge in [0.1, 0.15) is 24.5 Å². The second kappa shape index (κ2) is 7.29. The summed E-state index contributed by atoms with van der Waals surface area (Å²) < 4.78 is 19.2. The number of nitrogens with one attached hydrogen (secondary N) is 1. The third-order valence-corrected chi connectivity index (χ3v) is 4.64. The highest BCUT2D eigenvalue weighted by Crippen LogP contribution is 2.24. The van der Waals surface area contributed by atoms with Crippen molar-refractivity contribution in [2.45, 2.75) is 38.8 Å². The summed E-state index contributed by atoms with van der Waals surface area (Å²) >= 11 is 3.14. The molecule has 0 spiro atoms. The van der Waals surface area contributed by atoms with Crippen LogP contribution in [0.3, 0.4) is 0 Å². The average Bonchev–Trinajstić information content (AvgIpc) is 2.78. The summed E-state index contributed by atoms with van der Waals surface area (Å²) in [5.74, 6) is -1.73. The molecule has 1 saturated heterocycles. The number of ether oxygens (including phenoxy) is 1. The number of hydrogen-bond donors (Lipinski definition) is 1. The maximum atomic E-state index is 13.7. The van der Waals surface area contributed by atoms with Crippen molar-refractivity contribution in [3.63, 3.8) is 0 Å². The number of imide groups is 1. The number of hydrogen-bond acceptors (Lipinski definition) is 4. The molecule has 1 aliphatic rings. The van der Waals surface area contributed by atoms with Gasteiger partial charge in [-0.3, -0.25) is 14.5 Å². The van der Waals surface area contributed by atoms with Crippen LogP contribution >= 0.6 is 15.9 Å². The fourth-order valence-electron chi connectivity index (χ4n) is 2.52. The highest BCUT2D eigenvalue weighted by Gasteiger charge is 2.49. The van der Waals surface area contributed by atoms with Crippen LogP contribution in [0.2, 0.25) is 0 Å². The Morgan fingerprint density at radius 2 is 2.00 bits per heavy atom. The SMILES string of the molecule is CCC1(CC)NC(=O)N(CC(=O)OCc2ccc(Br)cc2F)C1=O. The zero-order chi connectivity index (χ0) is 17.9. The van der Waals surface area contributed by atoms with Gasteiger partial charge in [0.25, 0.3) is 5.91 Å². The molecular formula is C16H18BrFN2O4. The quantitative estimate of drug-likeness (QED) is 0.588. The minimum Gasteiger partial charge on any atom is -0.459 e. The van der Waals surface area contributed by atoms with Gasteiger partial charge in [0, 0.05) is 10.0 Å². The van der Waals surface area contributed by atoms with Crippen molar-refractivity contribution in [3.8, 4) is 0 Å². The monoisotopic (exact) mass is 400 g/mol. The molecule has 0 atom stereocenters. The summed E-state index contributed by atoms with van der Waals surface area (Å²) in [6.45, 7) is 2.82. The number of esters is 1. The summed E-state index contributed by atoms with van der Waals surface area (Å²) in [7, 11) is 0. The molecule has 8 heteroatoms. The Labute approximate surface area is 147 Å². The van der Waals surface area contributed by atoms with Crippen LogP contribution in [0.4, 0.5) is 9.18 Å². The summed E-state index contributed by atoms with van der Waals surface area (Å²) in [6, 6.07) is 3.76. The van der Waals surface area contributed by atoms with E-state index in [9.17, 15) is 18.8 Å². The molecule has 6 nitrogen and oxygen atoms in total. The minimum atomic E-state index is -0.963. The van der Waals surface area contributed by atoms with Crippen molar-refractivity contribution in [1.29, 1.82) is 0 Å². The second-order valence-corrected chi connectivity index (χ2v) is 6.42. The minimum absolute atomic E-state index is 0.209. The zero-order valence-corrected chi connectivity index (χ0v) is 15.0. The topological polar surface area (TPSA) is 75.7 Å². The van der Waals surface area contributed by atoms with E-state index in [4.69, 9.17) is 4.74 Å². The second-order valence-electron chi connectivity index (χ2n) is 5.51. The number of benzene rings is 1. The fraction of sp³-hybridized carbons (Fsp3) is 0.438. The third kappa shape index (κ3) is 3.58. The van der Waals surface area contributed by atoms with Gasteiger partial charge in [-0.2, -0.15) is 0 Å². The third-order valence-electron chi connectivity index (χ3n) is 4.14. The van der Waals surface area contributed by atoms with Gasteiger partial charge in [0.2, 0.25) is 0 Å². The highest BCUT2D eigenvalue weighted by molar-refractivity contribution is 9.10. The van der Waals surface area contributed by atoms with Gasteiger partial charge in [-0.05, 0) is 25.0 Å². The van der Waals surface area contributed by atoms with Crippen LogP contribution in [0.5, 0.6) is 0 Å². The van der Waals surface area contributed by atoms with Crippen LogP contribution in [-0.4, -0.2) is 34.9 Å². The first-order valence-corrected chi connectivity index (χ1v) is 8.36. The van der Waals surface area contributed by atoms with E-state index in [-0.39, 0.29) is 12.2 Å². The Morgan fingerprint density at radius 1 is 1.33 bits per heavy atom. The fourth-order valence-corrected chi connectivity index (χ4v) is 2.85. The lowest BCUT2D eigenvalue weighted by Gasteiger charge is -2.22. The van der Waals surface area contributed by atoms with E-state index in [0.29, 0.717) is 17.3 Å². The first-order valence-electron chi connectivity index (χ1n) is 7.56.